The largest absolute Gasteiger partial charge is 0.326 e. The molecule has 10 heteroatoms. The summed E-state index contributed by atoms with van der Waals surface area (Å²) in [7, 11) is 0. The number of halogens is 6. The molecule has 1 aliphatic rings. The highest BCUT2D eigenvalue weighted by Gasteiger charge is 2.67. The van der Waals surface area contributed by atoms with E-state index in [1.807, 2.05) is 0 Å². The van der Waals surface area contributed by atoms with Gasteiger partial charge in [-0.2, -0.15) is 0 Å². The lowest BCUT2D eigenvalue weighted by atomic mass is 10.1. The van der Waals surface area contributed by atoms with E-state index in [1.165, 1.54) is 36.4 Å². The fraction of sp³-hybridized carbons (Fsp3) is 0.130. The maximum Gasteiger partial charge on any atom is 0.257 e. The Morgan fingerprint density at radius 1 is 0.788 bits per heavy atom. The first-order chi connectivity index (χ1) is 15.6. The number of carbonyl (C=O) groups is 2. The van der Waals surface area contributed by atoms with Gasteiger partial charge in [-0.15, -0.1) is 23.2 Å². The zero-order valence-electron chi connectivity index (χ0n) is 16.5. The Kier molecular flexibility index (Phi) is 6.81. The second-order valence-electron chi connectivity index (χ2n) is 7.45. The molecule has 0 unspecified atom stereocenters. The van der Waals surface area contributed by atoms with Crippen LogP contribution in [0.15, 0.2) is 60.7 Å². The van der Waals surface area contributed by atoms with Crippen molar-refractivity contribution in [2.45, 2.75) is 10.3 Å². The molecule has 33 heavy (non-hydrogen) atoms. The van der Waals surface area contributed by atoms with Crippen molar-refractivity contribution >= 4 is 81.2 Å². The van der Waals surface area contributed by atoms with Gasteiger partial charge in [-0.25, -0.2) is 4.39 Å². The molecule has 3 aromatic rings. The van der Waals surface area contributed by atoms with E-state index in [2.05, 4.69) is 10.6 Å². The third-order valence-corrected chi connectivity index (χ3v) is 7.23. The SMILES string of the molecule is O=C(Nc1ccc(F)cc1)c1cc(NC(=O)[C@@H]2[C@@H](c3ccc(Cl)c(Cl)c3)C2(Cl)Cl)ccc1Cl. The van der Waals surface area contributed by atoms with Crippen LogP contribution in [0.1, 0.15) is 21.8 Å². The Hall–Kier alpha value is -2.02. The highest BCUT2D eigenvalue weighted by Crippen LogP contribution is 2.65. The molecule has 1 saturated carbocycles. The number of anilines is 2. The van der Waals surface area contributed by atoms with Crippen molar-refractivity contribution in [3.63, 3.8) is 0 Å². The van der Waals surface area contributed by atoms with Crippen LogP contribution in [0.25, 0.3) is 0 Å². The van der Waals surface area contributed by atoms with E-state index in [-0.39, 0.29) is 10.6 Å². The normalized spacial score (nSPS) is 18.5. The lowest BCUT2D eigenvalue weighted by Crippen LogP contribution is -2.18. The van der Waals surface area contributed by atoms with Crippen LogP contribution in [0.5, 0.6) is 0 Å². The van der Waals surface area contributed by atoms with Crippen LogP contribution in [0, 0.1) is 11.7 Å². The molecule has 0 radical (unpaired) electrons. The third kappa shape index (κ3) is 5.08. The van der Waals surface area contributed by atoms with Crippen LogP contribution in [0.2, 0.25) is 15.1 Å². The first kappa shape index (κ1) is 24.1. The van der Waals surface area contributed by atoms with Gasteiger partial charge in [0.05, 0.1) is 26.5 Å². The summed E-state index contributed by atoms with van der Waals surface area (Å²) in [5.74, 6) is -2.60. The number of hydrogen-bond acceptors (Lipinski definition) is 2. The monoisotopic (exact) mass is 544 g/mol. The molecule has 0 aromatic heterocycles. The number of amides is 2. The molecular formula is C23H14Cl5FN2O2. The van der Waals surface area contributed by atoms with Crippen LogP contribution in [0.3, 0.4) is 0 Å². The number of carbonyl (C=O) groups excluding carboxylic acids is 2. The fourth-order valence-corrected chi connectivity index (χ4v) is 4.84. The number of alkyl halides is 2. The zero-order chi connectivity index (χ0) is 23.9. The van der Waals surface area contributed by atoms with Crippen molar-refractivity contribution in [2.24, 2.45) is 5.92 Å². The van der Waals surface area contributed by atoms with E-state index in [9.17, 15) is 14.0 Å². The second-order valence-corrected chi connectivity index (χ2v) is 10.1. The summed E-state index contributed by atoms with van der Waals surface area (Å²) >= 11 is 31.0. The van der Waals surface area contributed by atoms with Crippen molar-refractivity contribution in [2.75, 3.05) is 10.6 Å². The average Bonchev–Trinajstić information content (AvgIpc) is 3.35. The summed E-state index contributed by atoms with van der Waals surface area (Å²) in [6.45, 7) is 0. The summed E-state index contributed by atoms with van der Waals surface area (Å²) in [6, 6.07) is 14.7. The Morgan fingerprint density at radius 3 is 2.09 bits per heavy atom. The summed E-state index contributed by atoms with van der Waals surface area (Å²) < 4.78 is 11.8. The minimum atomic E-state index is -1.32. The molecule has 4 nitrogen and oxygen atoms in total. The highest BCUT2D eigenvalue weighted by molar-refractivity contribution is 6.53. The highest BCUT2D eigenvalue weighted by atomic mass is 35.5. The Balaban J connectivity index is 1.50. The lowest BCUT2D eigenvalue weighted by molar-refractivity contribution is -0.117. The number of rotatable bonds is 5. The Bertz CT molecular complexity index is 1250. The Morgan fingerprint density at radius 2 is 1.42 bits per heavy atom. The quantitative estimate of drug-likeness (QED) is 0.325. The molecule has 0 spiro atoms. The number of hydrogen-bond donors (Lipinski definition) is 2. The van der Waals surface area contributed by atoms with E-state index < -0.39 is 33.8 Å². The van der Waals surface area contributed by atoms with Crippen LogP contribution >= 0.6 is 58.0 Å². The molecule has 1 aliphatic carbocycles. The molecule has 1 fully saturated rings. The van der Waals surface area contributed by atoms with Gasteiger partial charge in [0, 0.05) is 17.3 Å². The topological polar surface area (TPSA) is 58.2 Å². The van der Waals surface area contributed by atoms with Gasteiger partial charge in [0.15, 0.2) is 0 Å². The first-order valence-corrected chi connectivity index (χ1v) is 11.5. The average molecular weight is 547 g/mol. The molecule has 2 amide bonds. The molecule has 2 N–H and O–H groups in total. The van der Waals surface area contributed by atoms with Gasteiger partial charge in [-0.05, 0) is 60.2 Å². The van der Waals surface area contributed by atoms with Crippen molar-refractivity contribution < 1.29 is 14.0 Å². The molecule has 2 atom stereocenters. The van der Waals surface area contributed by atoms with Crippen molar-refractivity contribution in [3.8, 4) is 0 Å². The van der Waals surface area contributed by atoms with Crippen LogP contribution < -0.4 is 10.6 Å². The van der Waals surface area contributed by atoms with Crippen LogP contribution in [-0.2, 0) is 4.79 Å². The molecule has 4 rings (SSSR count). The zero-order valence-corrected chi connectivity index (χ0v) is 20.3. The van der Waals surface area contributed by atoms with Gasteiger partial charge in [-0.3, -0.25) is 9.59 Å². The predicted octanol–water partition coefficient (Wildman–Crippen LogP) is 7.56. The summed E-state index contributed by atoms with van der Waals surface area (Å²) in [6.07, 6.45) is 0. The lowest BCUT2D eigenvalue weighted by Gasteiger charge is -2.10. The van der Waals surface area contributed by atoms with E-state index in [0.717, 1.165) is 0 Å². The maximum atomic E-state index is 13.1. The molecule has 0 saturated heterocycles. The third-order valence-electron chi connectivity index (χ3n) is 5.22. The van der Waals surface area contributed by atoms with Crippen LogP contribution in [0.4, 0.5) is 15.8 Å². The molecule has 3 aromatic carbocycles. The van der Waals surface area contributed by atoms with Crippen LogP contribution in [-0.4, -0.2) is 16.1 Å². The summed E-state index contributed by atoms with van der Waals surface area (Å²) in [5.41, 5.74) is 1.53. The van der Waals surface area contributed by atoms with Gasteiger partial charge in [-0.1, -0.05) is 40.9 Å². The van der Waals surface area contributed by atoms with E-state index in [0.29, 0.717) is 27.0 Å². The molecular weight excluding hydrogens is 533 g/mol. The van der Waals surface area contributed by atoms with Gasteiger partial charge in [0.25, 0.3) is 5.91 Å². The smallest absolute Gasteiger partial charge is 0.257 e. The second kappa shape index (κ2) is 9.32. The van der Waals surface area contributed by atoms with Crippen molar-refractivity contribution in [3.05, 3.63) is 92.7 Å². The van der Waals surface area contributed by atoms with Gasteiger partial charge in [0.2, 0.25) is 5.91 Å². The number of nitrogens with one attached hydrogen (secondary N) is 2. The minimum Gasteiger partial charge on any atom is -0.326 e. The standard InChI is InChI=1S/C23H14Cl5FN2O2/c24-16-8-6-14(10-15(16)21(32)30-13-4-2-12(29)3-5-13)31-22(33)20-19(23(20,27)28)11-1-7-17(25)18(26)9-11/h1-10,19-20H,(H,30,32)(H,31,33)/t19-,20+/m1/s1. The van der Waals surface area contributed by atoms with E-state index in [1.54, 1.807) is 24.3 Å². The molecule has 170 valence electrons. The van der Waals surface area contributed by atoms with Crippen molar-refractivity contribution in [1.29, 1.82) is 0 Å². The molecule has 0 bridgehead atoms. The number of benzene rings is 3. The first-order valence-electron chi connectivity index (χ1n) is 9.58. The van der Waals surface area contributed by atoms with Gasteiger partial charge in [0.1, 0.15) is 10.2 Å². The van der Waals surface area contributed by atoms with Gasteiger partial charge < -0.3 is 10.6 Å². The van der Waals surface area contributed by atoms with Gasteiger partial charge >= 0.3 is 0 Å². The predicted molar refractivity (Wildman–Crippen MR) is 132 cm³/mol. The molecule has 0 aliphatic heterocycles. The van der Waals surface area contributed by atoms with E-state index in [4.69, 9.17) is 58.0 Å². The van der Waals surface area contributed by atoms with E-state index >= 15 is 0 Å². The molecule has 0 heterocycles. The fourth-order valence-electron chi connectivity index (χ4n) is 3.50. The summed E-state index contributed by atoms with van der Waals surface area (Å²) in [5, 5.41) is 6.24. The van der Waals surface area contributed by atoms with Crippen molar-refractivity contribution in [1.82, 2.24) is 0 Å². The maximum absolute atomic E-state index is 13.1. The minimum absolute atomic E-state index is 0.124. The summed E-state index contributed by atoms with van der Waals surface area (Å²) in [4.78, 5) is 25.5. The Labute approximate surface area is 213 Å².